The van der Waals surface area contributed by atoms with E-state index in [0.717, 1.165) is 12.6 Å². The van der Waals surface area contributed by atoms with Crippen molar-refractivity contribution < 1.29 is 0 Å². The van der Waals surface area contributed by atoms with Crippen LogP contribution in [0.2, 0.25) is 0 Å². The molecule has 2 unspecified atom stereocenters. The lowest BCUT2D eigenvalue weighted by atomic mass is 9.99. The topological polar surface area (TPSA) is 29.3 Å². The van der Waals surface area contributed by atoms with Gasteiger partial charge in [0.2, 0.25) is 0 Å². The molecule has 2 atom stereocenters. The average Bonchev–Trinajstić information content (AvgIpc) is 2.91. The molecule has 1 aliphatic heterocycles. The van der Waals surface area contributed by atoms with Gasteiger partial charge in [-0.1, -0.05) is 0 Å². The van der Waals surface area contributed by atoms with Gasteiger partial charge in [0, 0.05) is 21.4 Å². The molecule has 2 nitrogen and oxygen atoms in total. The van der Waals surface area contributed by atoms with E-state index in [0.29, 0.717) is 12.0 Å². The Morgan fingerprint density at radius 2 is 2.25 bits per heavy atom. The zero-order valence-electron chi connectivity index (χ0n) is 9.23. The van der Waals surface area contributed by atoms with Crippen LogP contribution in [0.5, 0.6) is 0 Å². The summed E-state index contributed by atoms with van der Waals surface area (Å²) in [5.41, 5.74) is 5.93. The summed E-state index contributed by atoms with van der Waals surface area (Å²) in [6.45, 7) is 2.06. The van der Waals surface area contributed by atoms with E-state index >= 15 is 0 Å². The summed E-state index contributed by atoms with van der Waals surface area (Å²) in [5, 5.41) is 2.18. The first-order chi connectivity index (χ1) is 7.81. The van der Waals surface area contributed by atoms with Crippen LogP contribution in [-0.4, -0.2) is 24.0 Å². The van der Waals surface area contributed by atoms with Crippen LogP contribution in [0.1, 0.15) is 30.2 Å². The standard InChI is InChI=1S/C12H17BrN2S/c13-10-4-6-16-12(10)11-8(7-14)3-5-15(11)9-1-2-9/h4,6,8-9,11H,1-3,5,7,14H2. The van der Waals surface area contributed by atoms with E-state index in [1.54, 1.807) is 0 Å². The molecule has 0 amide bonds. The van der Waals surface area contributed by atoms with Crippen molar-refractivity contribution in [1.29, 1.82) is 0 Å². The summed E-state index contributed by atoms with van der Waals surface area (Å²) >= 11 is 5.54. The highest BCUT2D eigenvalue weighted by Crippen LogP contribution is 2.47. The number of likely N-dealkylation sites (tertiary alicyclic amines) is 1. The maximum absolute atomic E-state index is 5.93. The van der Waals surface area contributed by atoms with Crippen LogP contribution in [0.3, 0.4) is 0 Å². The van der Waals surface area contributed by atoms with Crippen LogP contribution in [0.15, 0.2) is 15.9 Å². The van der Waals surface area contributed by atoms with Crippen molar-refractivity contribution in [3.8, 4) is 0 Å². The fourth-order valence-electron chi connectivity index (χ4n) is 2.83. The molecule has 2 heterocycles. The molecule has 2 N–H and O–H groups in total. The van der Waals surface area contributed by atoms with E-state index in [-0.39, 0.29) is 0 Å². The monoisotopic (exact) mass is 300 g/mol. The molecular formula is C12H17BrN2S. The minimum atomic E-state index is 0.576. The Morgan fingerprint density at radius 3 is 2.81 bits per heavy atom. The first kappa shape index (κ1) is 11.2. The smallest absolute Gasteiger partial charge is 0.0496 e. The van der Waals surface area contributed by atoms with Gasteiger partial charge < -0.3 is 5.73 Å². The minimum Gasteiger partial charge on any atom is -0.330 e. The van der Waals surface area contributed by atoms with Gasteiger partial charge in [-0.15, -0.1) is 11.3 Å². The predicted octanol–water partition coefficient (Wildman–Crippen LogP) is 2.99. The van der Waals surface area contributed by atoms with Crippen LogP contribution in [0.4, 0.5) is 0 Å². The van der Waals surface area contributed by atoms with Gasteiger partial charge in [0.25, 0.3) is 0 Å². The van der Waals surface area contributed by atoms with Gasteiger partial charge in [0.15, 0.2) is 0 Å². The maximum Gasteiger partial charge on any atom is 0.0496 e. The Bertz CT molecular complexity index is 375. The van der Waals surface area contributed by atoms with Gasteiger partial charge in [-0.3, -0.25) is 4.90 Å². The highest BCUT2D eigenvalue weighted by atomic mass is 79.9. The van der Waals surface area contributed by atoms with Crippen LogP contribution < -0.4 is 5.73 Å². The highest BCUT2D eigenvalue weighted by molar-refractivity contribution is 9.10. The number of halogens is 1. The second-order valence-corrected chi connectivity index (χ2v) is 6.63. The summed E-state index contributed by atoms with van der Waals surface area (Å²) in [4.78, 5) is 4.17. The Kier molecular flexibility index (Phi) is 3.09. The SMILES string of the molecule is NCC1CCN(C2CC2)C1c1sccc1Br. The van der Waals surface area contributed by atoms with E-state index in [9.17, 15) is 0 Å². The van der Waals surface area contributed by atoms with Crippen molar-refractivity contribution in [3.63, 3.8) is 0 Å². The summed E-state index contributed by atoms with van der Waals surface area (Å²) in [6, 6.07) is 3.58. The lowest BCUT2D eigenvalue weighted by Crippen LogP contribution is -2.29. The Hall–Kier alpha value is 0.100. The predicted molar refractivity (Wildman–Crippen MR) is 71.6 cm³/mol. The van der Waals surface area contributed by atoms with Gasteiger partial charge >= 0.3 is 0 Å². The second-order valence-electron chi connectivity index (χ2n) is 4.83. The average molecular weight is 301 g/mol. The first-order valence-electron chi connectivity index (χ1n) is 6.00. The zero-order valence-corrected chi connectivity index (χ0v) is 11.6. The van der Waals surface area contributed by atoms with Crippen LogP contribution in [0.25, 0.3) is 0 Å². The zero-order chi connectivity index (χ0) is 11.1. The van der Waals surface area contributed by atoms with Gasteiger partial charge in [0.05, 0.1) is 0 Å². The summed E-state index contributed by atoms with van der Waals surface area (Å²) in [6.07, 6.45) is 4.04. The number of hydrogen-bond donors (Lipinski definition) is 1. The molecule has 2 fully saturated rings. The summed E-state index contributed by atoms with van der Waals surface area (Å²) in [7, 11) is 0. The molecule has 16 heavy (non-hydrogen) atoms. The third kappa shape index (κ3) is 1.86. The highest BCUT2D eigenvalue weighted by Gasteiger charge is 2.43. The quantitative estimate of drug-likeness (QED) is 0.930. The summed E-state index contributed by atoms with van der Waals surface area (Å²) in [5.74, 6) is 0.649. The van der Waals surface area contributed by atoms with E-state index in [4.69, 9.17) is 5.73 Å². The molecule has 0 radical (unpaired) electrons. The van der Waals surface area contributed by atoms with E-state index in [2.05, 4.69) is 32.3 Å². The number of nitrogens with zero attached hydrogens (tertiary/aromatic N) is 1. The molecule has 3 rings (SSSR count). The third-order valence-electron chi connectivity index (χ3n) is 3.79. The van der Waals surface area contributed by atoms with Crippen LogP contribution in [0, 0.1) is 5.92 Å². The summed E-state index contributed by atoms with van der Waals surface area (Å²) < 4.78 is 1.27. The number of thiophene rings is 1. The molecule has 1 aromatic heterocycles. The lowest BCUT2D eigenvalue weighted by Gasteiger charge is -2.27. The van der Waals surface area contributed by atoms with Crippen molar-refractivity contribution in [2.24, 2.45) is 11.7 Å². The number of hydrogen-bond acceptors (Lipinski definition) is 3. The molecule has 1 saturated heterocycles. The molecule has 0 spiro atoms. The fraction of sp³-hybridized carbons (Fsp3) is 0.667. The number of rotatable bonds is 3. The molecule has 0 aromatic carbocycles. The second kappa shape index (κ2) is 4.41. The normalized spacial score (nSPS) is 31.1. The molecule has 1 aromatic rings. The largest absolute Gasteiger partial charge is 0.330 e. The maximum atomic E-state index is 5.93. The fourth-order valence-corrected chi connectivity index (χ4v) is 4.65. The van der Waals surface area contributed by atoms with Crippen LogP contribution in [-0.2, 0) is 0 Å². The molecule has 0 bridgehead atoms. The lowest BCUT2D eigenvalue weighted by molar-refractivity contribution is 0.223. The van der Waals surface area contributed by atoms with Crippen molar-refractivity contribution in [1.82, 2.24) is 4.90 Å². The van der Waals surface area contributed by atoms with Gasteiger partial charge in [0.1, 0.15) is 0 Å². The Morgan fingerprint density at radius 1 is 1.44 bits per heavy atom. The number of nitrogens with two attached hydrogens (primary N) is 1. The van der Waals surface area contributed by atoms with Gasteiger partial charge in [-0.2, -0.15) is 0 Å². The minimum absolute atomic E-state index is 0.576. The molecule has 2 aliphatic rings. The molecular weight excluding hydrogens is 284 g/mol. The van der Waals surface area contributed by atoms with E-state index in [1.807, 2.05) is 11.3 Å². The molecule has 4 heteroatoms. The van der Waals surface area contributed by atoms with Crippen molar-refractivity contribution in [2.45, 2.75) is 31.3 Å². The van der Waals surface area contributed by atoms with Crippen molar-refractivity contribution >= 4 is 27.3 Å². The van der Waals surface area contributed by atoms with Gasteiger partial charge in [-0.25, -0.2) is 0 Å². The molecule has 1 aliphatic carbocycles. The Balaban J connectivity index is 1.90. The Labute approximate surface area is 109 Å². The molecule has 88 valence electrons. The van der Waals surface area contributed by atoms with Crippen LogP contribution >= 0.6 is 27.3 Å². The van der Waals surface area contributed by atoms with Crippen molar-refractivity contribution in [2.75, 3.05) is 13.1 Å². The third-order valence-corrected chi connectivity index (χ3v) is 5.74. The first-order valence-corrected chi connectivity index (χ1v) is 7.67. The van der Waals surface area contributed by atoms with Crippen molar-refractivity contribution in [3.05, 3.63) is 20.8 Å². The molecule has 1 saturated carbocycles. The van der Waals surface area contributed by atoms with E-state index in [1.165, 1.54) is 35.2 Å². The van der Waals surface area contributed by atoms with Gasteiger partial charge in [-0.05, 0) is 65.6 Å². The van der Waals surface area contributed by atoms with E-state index < -0.39 is 0 Å².